The van der Waals surface area contributed by atoms with Crippen LogP contribution in [0.5, 0.6) is 0 Å². The lowest BCUT2D eigenvalue weighted by molar-refractivity contribution is -0.165. The van der Waals surface area contributed by atoms with Gasteiger partial charge < -0.3 is 19.9 Å². The van der Waals surface area contributed by atoms with Crippen molar-refractivity contribution in [1.82, 2.24) is 19.5 Å². The summed E-state index contributed by atoms with van der Waals surface area (Å²) in [7, 11) is 0. The predicted octanol–water partition coefficient (Wildman–Crippen LogP) is 1.97. The van der Waals surface area contributed by atoms with E-state index in [0.29, 0.717) is 16.9 Å². The molecule has 2 aromatic heterocycles. The summed E-state index contributed by atoms with van der Waals surface area (Å²) in [6, 6.07) is 0. The Labute approximate surface area is 176 Å². The molecular weight excluding hydrogens is 422 g/mol. The van der Waals surface area contributed by atoms with Gasteiger partial charge in [0.2, 0.25) is 5.95 Å². The minimum absolute atomic E-state index is 0.0297. The maximum atomic E-state index is 11.8. The Kier molecular flexibility index (Phi) is 6.81. The zero-order chi connectivity index (χ0) is 21.1. The summed E-state index contributed by atoms with van der Waals surface area (Å²) in [6.07, 6.45) is -0.539. The number of thioether (sulfide) groups is 1. The van der Waals surface area contributed by atoms with Crippen molar-refractivity contribution in [2.75, 3.05) is 17.2 Å². The van der Waals surface area contributed by atoms with Crippen molar-refractivity contribution in [3.8, 4) is 0 Å². The molecule has 2 aromatic rings. The number of anilines is 1. The van der Waals surface area contributed by atoms with Crippen LogP contribution in [0.25, 0.3) is 11.2 Å². The molecule has 0 aromatic carbocycles. The van der Waals surface area contributed by atoms with Crippen LogP contribution in [0.2, 0.25) is 5.15 Å². The van der Waals surface area contributed by atoms with Crippen molar-refractivity contribution >= 4 is 52.4 Å². The molecule has 0 spiro atoms. The van der Waals surface area contributed by atoms with E-state index in [4.69, 9.17) is 31.5 Å². The smallest absolute Gasteiger partial charge is 0.303 e. The molecule has 29 heavy (non-hydrogen) atoms. The number of rotatable bonds is 7. The Morgan fingerprint density at radius 2 is 1.97 bits per heavy atom. The van der Waals surface area contributed by atoms with Gasteiger partial charge in [0.05, 0.1) is 6.33 Å². The van der Waals surface area contributed by atoms with E-state index in [2.05, 4.69) is 21.9 Å². The minimum Gasteiger partial charge on any atom is -0.456 e. The first-order chi connectivity index (χ1) is 13.8. The summed E-state index contributed by atoms with van der Waals surface area (Å²) in [4.78, 5) is 35.8. The number of nitrogens with zero attached hydrogens (tertiary/aromatic N) is 4. The molecule has 12 heteroatoms. The monoisotopic (exact) mass is 443 g/mol. The Bertz CT molecular complexity index is 910. The fraction of sp³-hybridized carbons (Fsp3) is 0.588. The number of hydrogen-bond acceptors (Lipinski definition) is 10. The van der Waals surface area contributed by atoms with Gasteiger partial charge in [-0.05, 0) is 12.2 Å². The zero-order valence-corrected chi connectivity index (χ0v) is 17.8. The van der Waals surface area contributed by atoms with E-state index >= 15 is 0 Å². The van der Waals surface area contributed by atoms with Crippen LogP contribution in [0.1, 0.15) is 33.4 Å². The summed E-state index contributed by atoms with van der Waals surface area (Å²) < 4.78 is 18.7. The van der Waals surface area contributed by atoms with Crippen molar-refractivity contribution in [3.63, 3.8) is 0 Å². The van der Waals surface area contributed by atoms with E-state index < -0.39 is 36.5 Å². The second kappa shape index (κ2) is 9.14. The zero-order valence-electron chi connectivity index (χ0n) is 16.2. The highest BCUT2D eigenvalue weighted by Crippen LogP contribution is 2.37. The quantitative estimate of drug-likeness (QED) is 0.384. The van der Waals surface area contributed by atoms with Gasteiger partial charge in [-0.2, -0.15) is 21.7 Å². The molecule has 4 atom stereocenters. The lowest BCUT2D eigenvalue weighted by atomic mass is 10.1. The van der Waals surface area contributed by atoms with Gasteiger partial charge in [-0.1, -0.05) is 18.5 Å². The van der Waals surface area contributed by atoms with E-state index in [1.165, 1.54) is 20.2 Å². The minimum atomic E-state index is -0.893. The molecule has 1 saturated heterocycles. The van der Waals surface area contributed by atoms with Gasteiger partial charge in [0, 0.05) is 19.6 Å². The molecule has 1 aliphatic rings. The summed E-state index contributed by atoms with van der Waals surface area (Å²) in [5.41, 5.74) is 6.38. The number of ether oxygens (including phenoxy) is 3. The lowest BCUT2D eigenvalue weighted by Crippen LogP contribution is -2.39. The topological polar surface area (TPSA) is 131 Å². The summed E-state index contributed by atoms with van der Waals surface area (Å²) >= 11 is 7.77. The number of nitrogens with two attached hydrogens (primary N) is 1. The number of fused-ring (bicyclic) bond motifs is 1. The SMILES string of the molecule is CCCSC[C@H]1O[C@@H](n2cnc3c(Cl)nc(N)nc32)[C@H](OC(C)=O)[C@@H]1OC(C)=O. The van der Waals surface area contributed by atoms with Gasteiger partial charge in [0.15, 0.2) is 29.2 Å². The van der Waals surface area contributed by atoms with E-state index in [0.717, 1.165) is 12.2 Å². The Morgan fingerprint density at radius 3 is 2.62 bits per heavy atom. The molecule has 0 amide bonds. The number of carbonyl (C=O) groups excluding carboxylic acids is 2. The van der Waals surface area contributed by atoms with Gasteiger partial charge in [0.25, 0.3) is 0 Å². The number of esters is 2. The van der Waals surface area contributed by atoms with Gasteiger partial charge in [-0.15, -0.1) is 0 Å². The molecule has 0 saturated carbocycles. The van der Waals surface area contributed by atoms with Crippen molar-refractivity contribution < 1.29 is 23.8 Å². The van der Waals surface area contributed by atoms with Crippen LogP contribution in [-0.2, 0) is 23.8 Å². The maximum Gasteiger partial charge on any atom is 0.303 e. The summed E-state index contributed by atoms with van der Waals surface area (Å²) in [6.45, 7) is 4.65. The Balaban J connectivity index is 2.01. The van der Waals surface area contributed by atoms with E-state index in [1.807, 2.05) is 0 Å². The first kappa shape index (κ1) is 21.6. The molecular formula is C17H22ClN5O5S. The molecule has 3 rings (SSSR count). The van der Waals surface area contributed by atoms with E-state index in [1.54, 1.807) is 16.3 Å². The largest absolute Gasteiger partial charge is 0.456 e. The molecule has 0 bridgehead atoms. The molecule has 0 unspecified atom stereocenters. The molecule has 3 heterocycles. The van der Waals surface area contributed by atoms with Crippen LogP contribution in [0.4, 0.5) is 5.95 Å². The first-order valence-corrected chi connectivity index (χ1v) is 10.6. The standard InChI is InChI=1S/C17H22ClN5O5S/c1-4-5-29-6-10-12(26-8(2)24)13(27-9(3)25)16(28-10)23-7-20-11-14(18)21-17(19)22-15(11)23/h7,10,12-13,16H,4-6H2,1-3H3,(H2,19,21,22)/t10-,12-,13-,16-/m1/s1. The second-order valence-electron chi connectivity index (χ2n) is 6.48. The summed E-state index contributed by atoms with van der Waals surface area (Å²) in [5.74, 6) is 0.428. The Morgan fingerprint density at radius 1 is 1.28 bits per heavy atom. The Hall–Kier alpha value is -2.11. The van der Waals surface area contributed by atoms with Crippen molar-refractivity contribution in [1.29, 1.82) is 0 Å². The summed E-state index contributed by atoms with van der Waals surface area (Å²) in [5, 5.41) is 0.0971. The maximum absolute atomic E-state index is 11.8. The van der Waals surface area contributed by atoms with Gasteiger partial charge in [-0.3, -0.25) is 14.2 Å². The lowest BCUT2D eigenvalue weighted by Gasteiger charge is -2.23. The van der Waals surface area contributed by atoms with E-state index in [9.17, 15) is 9.59 Å². The number of nitrogen functional groups attached to an aromatic ring is 1. The average molecular weight is 444 g/mol. The third kappa shape index (κ3) is 4.73. The highest BCUT2D eigenvalue weighted by Gasteiger charge is 2.50. The highest BCUT2D eigenvalue weighted by atomic mass is 35.5. The third-order valence-electron chi connectivity index (χ3n) is 4.19. The number of halogens is 1. The molecule has 0 aliphatic carbocycles. The second-order valence-corrected chi connectivity index (χ2v) is 7.99. The van der Waals surface area contributed by atoms with Gasteiger partial charge in [0.1, 0.15) is 11.6 Å². The van der Waals surface area contributed by atoms with Crippen LogP contribution >= 0.6 is 23.4 Å². The number of hydrogen-bond donors (Lipinski definition) is 1. The number of imidazole rings is 1. The normalized spacial score (nSPS) is 24.0. The van der Waals surface area contributed by atoms with E-state index in [-0.39, 0.29) is 11.1 Å². The fourth-order valence-corrected chi connectivity index (χ4v) is 4.32. The molecule has 2 N–H and O–H groups in total. The van der Waals surface area contributed by atoms with Gasteiger partial charge >= 0.3 is 11.9 Å². The fourth-order valence-electron chi connectivity index (χ4n) is 3.15. The molecule has 0 radical (unpaired) electrons. The number of carbonyl (C=O) groups is 2. The predicted molar refractivity (Wildman–Crippen MR) is 107 cm³/mol. The van der Waals surface area contributed by atoms with Crippen molar-refractivity contribution in [3.05, 3.63) is 11.5 Å². The van der Waals surface area contributed by atoms with Crippen LogP contribution in [0.3, 0.4) is 0 Å². The van der Waals surface area contributed by atoms with Crippen LogP contribution < -0.4 is 5.73 Å². The van der Waals surface area contributed by atoms with Crippen molar-refractivity contribution in [2.24, 2.45) is 0 Å². The van der Waals surface area contributed by atoms with Crippen LogP contribution in [0.15, 0.2) is 6.33 Å². The molecule has 158 valence electrons. The number of aromatic nitrogens is 4. The first-order valence-electron chi connectivity index (χ1n) is 9.05. The third-order valence-corrected chi connectivity index (χ3v) is 5.72. The van der Waals surface area contributed by atoms with Crippen molar-refractivity contribution in [2.45, 2.75) is 51.7 Å². The molecule has 1 fully saturated rings. The average Bonchev–Trinajstić information content (AvgIpc) is 3.17. The highest BCUT2D eigenvalue weighted by molar-refractivity contribution is 7.99. The molecule has 10 nitrogen and oxygen atoms in total. The van der Waals surface area contributed by atoms with Crippen LogP contribution in [0, 0.1) is 0 Å². The molecule has 1 aliphatic heterocycles. The van der Waals surface area contributed by atoms with Crippen LogP contribution in [-0.4, -0.2) is 61.3 Å². The van der Waals surface area contributed by atoms with Gasteiger partial charge in [-0.25, -0.2) is 4.98 Å².